The summed E-state index contributed by atoms with van der Waals surface area (Å²) in [4.78, 5) is 33.2. The molecule has 1 atom stereocenters. The van der Waals surface area contributed by atoms with Gasteiger partial charge in [0.05, 0.1) is 18.2 Å². The highest BCUT2D eigenvalue weighted by molar-refractivity contribution is 6.46. The van der Waals surface area contributed by atoms with Gasteiger partial charge in [-0.15, -0.1) is 0 Å². The van der Waals surface area contributed by atoms with Crippen LogP contribution in [0.4, 0.5) is 0 Å². The number of aliphatic hydroxyl groups is 1. The zero-order chi connectivity index (χ0) is 22.4. The maximum atomic E-state index is 12.9. The van der Waals surface area contributed by atoms with E-state index in [-0.39, 0.29) is 11.3 Å². The number of ether oxygens (including phenoxy) is 1. The van der Waals surface area contributed by atoms with E-state index in [1.165, 1.54) is 17.3 Å². The normalized spacial score (nSPS) is 18.1. The molecule has 0 saturated carbocycles. The van der Waals surface area contributed by atoms with E-state index in [1.807, 2.05) is 43.3 Å². The monoisotopic (exact) mass is 423 g/mol. The maximum absolute atomic E-state index is 12.9. The Bertz CT molecular complexity index is 939. The number of amides is 1. The van der Waals surface area contributed by atoms with Crippen molar-refractivity contribution in [2.75, 3.05) is 33.8 Å². The molecule has 3 rings (SSSR count). The van der Waals surface area contributed by atoms with Crippen LogP contribution in [0.1, 0.15) is 36.9 Å². The molecule has 164 valence electrons. The summed E-state index contributed by atoms with van der Waals surface area (Å²) in [6.07, 6.45) is 5.09. The molecule has 0 aliphatic carbocycles. The first-order valence-electron chi connectivity index (χ1n) is 10.5. The Balaban J connectivity index is 2.01. The Morgan fingerprint density at radius 3 is 2.42 bits per heavy atom. The maximum Gasteiger partial charge on any atom is 0.295 e. The largest absolute Gasteiger partial charge is 0.507 e. The van der Waals surface area contributed by atoms with Crippen molar-refractivity contribution in [1.82, 2.24) is 14.8 Å². The minimum absolute atomic E-state index is 0.0922. The molecule has 7 heteroatoms. The van der Waals surface area contributed by atoms with Gasteiger partial charge < -0.3 is 19.6 Å². The number of likely N-dealkylation sites (tertiary alicyclic amines) is 1. The van der Waals surface area contributed by atoms with Gasteiger partial charge in [0.2, 0.25) is 0 Å². The molecule has 2 aromatic rings. The highest BCUT2D eigenvalue weighted by Gasteiger charge is 2.45. The van der Waals surface area contributed by atoms with Crippen LogP contribution in [0.3, 0.4) is 0 Å². The van der Waals surface area contributed by atoms with Crippen LogP contribution in [0.15, 0.2) is 54.4 Å². The summed E-state index contributed by atoms with van der Waals surface area (Å²) in [6, 6.07) is 9.93. The summed E-state index contributed by atoms with van der Waals surface area (Å²) >= 11 is 0. The lowest BCUT2D eigenvalue weighted by molar-refractivity contribution is -0.140. The van der Waals surface area contributed by atoms with E-state index in [9.17, 15) is 14.7 Å². The lowest BCUT2D eigenvalue weighted by Crippen LogP contribution is -2.35. The minimum atomic E-state index is -0.679. The van der Waals surface area contributed by atoms with Gasteiger partial charge in [0.15, 0.2) is 0 Å². The van der Waals surface area contributed by atoms with E-state index in [4.69, 9.17) is 4.74 Å². The van der Waals surface area contributed by atoms with Crippen LogP contribution in [0, 0.1) is 0 Å². The van der Waals surface area contributed by atoms with Gasteiger partial charge in [-0.05, 0) is 50.3 Å². The molecule has 1 aliphatic heterocycles. The number of pyridine rings is 1. The van der Waals surface area contributed by atoms with Crippen LogP contribution in [-0.4, -0.2) is 65.4 Å². The molecule has 0 spiro atoms. The molecule has 1 aromatic heterocycles. The van der Waals surface area contributed by atoms with Gasteiger partial charge in [-0.3, -0.25) is 14.6 Å². The van der Waals surface area contributed by atoms with Crippen LogP contribution in [0.25, 0.3) is 5.76 Å². The number of hydrogen-bond acceptors (Lipinski definition) is 6. The molecule has 1 N–H and O–H groups in total. The lowest BCUT2D eigenvalue weighted by atomic mass is 9.95. The highest BCUT2D eigenvalue weighted by Crippen LogP contribution is 2.39. The van der Waals surface area contributed by atoms with Gasteiger partial charge >= 0.3 is 0 Å². The first-order chi connectivity index (χ1) is 14.9. The first-order valence-corrected chi connectivity index (χ1v) is 10.5. The second-order valence-corrected chi connectivity index (χ2v) is 7.80. The van der Waals surface area contributed by atoms with Crippen molar-refractivity contribution in [2.45, 2.75) is 25.8 Å². The van der Waals surface area contributed by atoms with Crippen LogP contribution >= 0.6 is 0 Å². The van der Waals surface area contributed by atoms with Crippen molar-refractivity contribution >= 4 is 17.4 Å². The molecule has 1 amide bonds. The topological polar surface area (TPSA) is 83.0 Å². The third-order valence-corrected chi connectivity index (χ3v) is 5.24. The van der Waals surface area contributed by atoms with Crippen molar-refractivity contribution in [3.8, 4) is 5.75 Å². The zero-order valence-corrected chi connectivity index (χ0v) is 18.2. The standard InChI is InChI=1S/C24H29N3O4/c1-4-5-16-31-19-8-6-17(7-9-19)21-20(22(28)18-10-12-25-13-11-18)23(29)24(30)27(21)15-14-26(2)3/h6-13,21,28H,4-5,14-16H2,1-3H3. The second-order valence-electron chi connectivity index (χ2n) is 7.80. The van der Waals surface area contributed by atoms with Gasteiger partial charge in [-0.1, -0.05) is 25.5 Å². The van der Waals surface area contributed by atoms with Gasteiger partial charge in [-0.2, -0.15) is 0 Å². The first kappa shape index (κ1) is 22.5. The third kappa shape index (κ3) is 5.11. The van der Waals surface area contributed by atoms with Crippen LogP contribution < -0.4 is 4.74 Å². The SMILES string of the molecule is CCCCOc1ccc(C2C(=C(O)c3ccncc3)C(=O)C(=O)N2CCN(C)C)cc1. The predicted molar refractivity (Wildman–Crippen MR) is 119 cm³/mol. The van der Waals surface area contributed by atoms with Crippen LogP contribution in [0.2, 0.25) is 0 Å². The average molecular weight is 424 g/mol. The quantitative estimate of drug-likeness (QED) is 0.289. The molecule has 0 radical (unpaired) electrons. The number of nitrogens with zero attached hydrogens (tertiary/aromatic N) is 3. The van der Waals surface area contributed by atoms with E-state index in [0.717, 1.165) is 24.2 Å². The van der Waals surface area contributed by atoms with E-state index in [0.29, 0.717) is 25.3 Å². The number of likely N-dealkylation sites (N-methyl/N-ethyl adjacent to an activating group) is 1. The summed E-state index contributed by atoms with van der Waals surface area (Å²) in [5.74, 6) is -0.745. The molecule has 1 fully saturated rings. The molecular weight excluding hydrogens is 394 g/mol. The number of carbonyl (C=O) groups excluding carboxylic acids is 2. The molecule has 1 aliphatic rings. The van der Waals surface area contributed by atoms with Gasteiger partial charge in [0.1, 0.15) is 11.5 Å². The fraction of sp³-hybridized carbons (Fsp3) is 0.375. The molecule has 31 heavy (non-hydrogen) atoms. The molecule has 1 unspecified atom stereocenters. The smallest absolute Gasteiger partial charge is 0.295 e. The lowest BCUT2D eigenvalue weighted by Gasteiger charge is -2.26. The van der Waals surface area contributed by atoms with Gasteiger partial charge in [0, 0.05) is 31.0 Å². The second kappa shape index (κ2) is 10.2. The molecule has 1 saturated heterocycles. The van der Waals surface area contributed by atoms with Crippen LogP contribution in [-0.2, 0) is 9.59 Å². The molecule has 1 aromatic carbocycles. The number of Topliss-reactive ketones (excluding diaryl/α,β-unsaturated/α-hetero) is 1. The van der Waals surface area contributed by atoms with E-state index in [1.54, 1.807) is 12.1 Å². The Hall–Kier alpha value is -3.19. The van der Waals surface area contributed by atoms with Crippen molar-refractivity contribution in [3.63, 3.8) is 0 Å². The molecule has 0 bridgehead atoms. The summed E-state index contributed by atoms with van der Waals surface area (Å²) in [7, 11) is 3.82. The Morgan fingerprint density at radius 1 is 1.13 bits per heavy atom. The predicted octanol–water partition coefficient (Wildman–Crippen LogP) is 3.24. The summed E-state index contributed by atoms with van der Waals surface area (Å²) in [5.41, 5.74) is 1.29. The Kier molecular flexibility index (Phi) is 7.41. The number of aliphatic hydroxyl groups excluding tert-OH is 1. The van der Waals surface area contributed by atoms with Crippen molar-refractivity contribution in [1.29, 1.82) is 0 Å². The van der Waals surface area contributed by atoms with E-state index >= 15 is 0 Å². The number of aromatic nitrogens is 1. The van der Waals surface area contributed by atoms with Crippen molar-refractivity contribution in [3.05, 3.63) is 65.5 Å². The number of hydrogen-bond donors (Lipinski definition) is 1. The number of rotatable bonds is 9. The Morgan fingerprint density at radius 2 is 1.81 bits per heavy atom. The zero-order valence-electron chi connectivity index (χ0n) is 18.2. The summed E-state index contributed by atoms with van der Waals surface area (Å²) in [5, 5.41) is 11.0. The highest BCUT2D eigenvalue weighted by atomic mass is 16.5. The Labute approximate surface area is 183 Å². The fourth-order valence-electron chi connectivity index (χ4n) is 3.51. The molecule has 7 nitrogen and oxygen atoms in total. The van der Waals surface area contributed by atoms with Crippen molar-refractivity contribution in [2.24, 2.45) is 0 Å². The van der Waals surface area contributed by atoms with Crippen LogP contribution in [0.5, 0.6) is 5.75 Å². The summed E-state index contributed by atoms with van der Waals surface area (Å²) < 4.78 is 5.73. The van der Waals surface area contributed by atoms with E-state index in [2.05, 4.69) is 11.9 Å². The van der Waals surface area contributed by atoms with Gasteiger partial charge in [0.25, 0.3) is 11.7 Å². The number of benzene rings is 1. The molecular formula is C24H29N3O4. The number of ketones is 1. The number of unbranched alkanes of at least 4 members (excludes halogenated alkanes) is 1. The molecule has 2 heterocycles. The van der Waals surface area contributed by atoms with E-state index < -0.39 is 17.7 Å². The van der Waals surface area contributed by atoms with Gasteiger partial charge in [-0.25, -0.2) is 0 Å². The number of carbonyl (C=O) groups is 2. The average Bonchev–Trinajstić information content (AvgIpc) is 3.03. The summed E-state index contributed by atoms with van der Waals surface area (Å²) in [6.45, 7) is 3.70. The fourth-order valence-corrected chi connectivity index (χ4v) is 3.51. The third-order valence-electron chi connectivity index (χ3n) is 5.24. The van der Waals surface area contributed by atoms with Crippen molar-refractivity contribution < 1.29 is 19.4 Å². The minimum Gasteiger partial charge on any atom is -0.507 e.